The molecule has 0 amide bonds. The summed E-state index contributed by atoms with van der Waals surface area (Å²) in [6.45, 7) is 6.99. The lowest BCUT2D eigenvalue weighted by Crippen LogP contribution is -2.41. The third-order valence-electron chi connectivity index (χ3n) is 4.33. The monoisotopic (exact) mass is 313 g/mol. The normalized spacial score (nSPS) is 12.7. The number of aliphatic carboxylic acids is 1. The molecular formula is C19H39NO2. The maximum absolute atomic E-state index is 11.0. The Labute approximate surface area is 138 Å². The average molecular weight is 314 g/mol. The van der Waals surface area contributed by atoms with Crippen molar-refractivity contribution in [3.63, 3.8) is 0 Å². The molecule has 0 aromatic rings. The van der Waals surface area contributed by atoms with Crippen LogP contribution in [0.5, 0.6) is 0 Å². The lowest BCUT2D eigenvalue weighted by Gasteiger charge is -2.17. The van der Waals surface area contributed by atoms with Crippen molar-refractivity contribution in [2.24, 2.45) is 5.92 Å². The molecule has 0 bridgehead atoms. The van der Waals surface area contributed by atoms with E-state index in [9.17, 15) is 4.79 Å². The summed E-state index contributed by atoms with van der Waals surface area (Å²) in [6.07, 6.45) is 16.1. The number of unbranched alkanes of at least 4 members (excludes halogenated alkanes) is 11. The molecule has 0 heterocycles. The Kier molecular flexibility index (Phi) is 14.9. The molecule has 0 aromatic heterocycles. The molecule has 0 fully saturated rings. The Morgan fingerprint density at radius 3 is 1.59 bits per heavy atom. The van der Waals surface area contributed by atoms with Gasteiger partial charge in [0.05, 0.1) is 0 Å². The Morgan fingerprint density at radius 2 is 1.23 bits per heavy atom. The van der Waals surface area contributed by atoms with E-state index < -0.39 is 12.0 Å². The maximum atomic E-state index is 11.0. The van der Waals surface area contributed by atoms with Gasteiger partial charge < -0.3 is 10.4 Å². The fraction of sp³-hybridized carbons (Fsp3) is 0.947. The molecule has 132 valence electrons. The van der Waals surface area contributed by atoms with Gasteiger partial charge in [-0.3, -0.25) is 4.79 Å². The van der Waals surface area contributed by atoms with Gasteiger partial charge in [-0.25, -0.2) is 0 Å². The first-order chi connectivity index (χ1) is 10.6. The van der Waals surface area contributed by atoms with Crippen molar-refractivity contribution in [2.45, 2.75) is 104 Å². The van der Waals surface area contributed by atoms with E-state index in [0.717, 1.165) is 13.0 Å². The van der Waals surface area contributed by atoms with Crippen LogP contribution in [-0.4, -0.2) is 23.7 Å². The maximum Gasteiger partial charge on any atom is 0.320 e. The third-order valence-corrected chi connectivity index (χ3v) is 4.33. The highest BCUT2D eigenvalue weighted by molar-refractivity contribution is 5.73. The second kappa shape index (κ2) is 15.3. The van der Waals surface area contributed by atoms with E-state index in [1.54, 1.807) is 0 Å². The van der Waals surface area contributed by atoms with Crippen LogP contribution in [-0.2, 0) is 4.79 Å². The van der Waals surface area contributed by atoms with Crippen LogP contribution in [0.15, 0.2) is 0 Å². The van der Waals surface area contributed by atoms with Crippen LogP contribution in [0.4, 0.5) is 0 Å². The summed E-state index contributed by atoms with van der Waals surface area (Å²) in [5, 5.41) is 12.2. The quantitative estimate of drug-likeness (QED) is 0.376. The summed E-state index contributed by atoms with van der Waals surface area (Å²) in [5.41, 5.74) is 0. The molecule has 0 spiro atoms. The van der Waals surface area contributed by atoms with Gasteiger partial charge in [-0.2, -0.15) is 0 Å². The summed E-state index contributed by atoms with van der Waals surface area (Å²) in [4.78, 5) is 11.0. The third kappa shape index (κ3) is 13.1. The van der Waals surface area contributed by atoms with Crippen LogP contribution in [0, 0.1) is 5.92 Å². The first-order valence-electron chi connectivity index (χ1n) is 9.55. The van der Waals surface area contributed by atoms with Gasteiger partial charge in [-0.1, -0.05) is 91.4 Å². The molecule has 0 aliphatic carbocycles. The zero-order valence-corrected chi connectivity index (χ0v) is 15.2. The van der Waals surface area contributed by atoms with E-state index in [-0.39, 0.29) is 5.92 Å². The number of hydrogen-bond donors (Lipinski definition) is 2. The van der Waals surface area contributed by atoms with Crippen LogP contribution < -0.4 is 5.32 Å². The van der Waals surface area contributed by atoms with E-state index in [2.05, 4.69) is 12.2 Å². The Hall–Kier alpha value is -0.570. The lowest BCUT2D eigenvalue weighted by molar-refractivity contribution is -0.140. The minimum absolute atomic E-state index is 0.148. The molecule has 0 aliphatic rings. The highest BCUT2D eigenvalue weighted by atomic mass is 16.4. The lowest BCUT2D eigenvalue weighted by atomic mass is 10.0. The van der Waals surface area contributed by atoms with Crippen molar-refractivity contribution in [2.75, 3.05) is 6.54 Å². The van der Waals surface area contributed by atoms with Gasteiger partial charge in [0.25, 0.3) is 0 Å². The molecule has 0 saturated heterocycles. The van der Waals surface area contributed by atoms with E-state index in [0.29, 0.717) is 0 Å². The number of nitrogens with one attached hydrogen (secondary N) is 1. The molecule has 3 heteroatoms. The van der Waals surface area contributed by atoms with Crippen molar-refractivity contribution in [3.05, 3.63) is 0 Å². The average Bonchev–Trinajstić information content (AvgIpc) is 2.46. The van der Waals surface area contributed by atoms with Crippen molar-refractivity contribution < 1.29 is 9.90 Å². The summed E-state index contributed by atoms with van der Waals surface area (Å²) in [6, 6.07) is -0.396. The molecule has 0 radical (unpaired) electrons. The predicted octanol–water partition coefficient (Wildman–Crippen LogP) is 5.39. The zero-order chi connectivity index (χ0) is 16.6. The molecule has 1 atom stereocenters. The summed E-state index contributed by atoms with van der Waals surface area (Å²) < 4.78 is 0. The number of rotatable bonds is 16. The van der Waals surface area contributed by atoms with Crippen LogP contribution in [0.1, 0.15) is 97.8 Å². The molecule has 2 N–H and O–H groups in total. The molecule has 0 aliphatic heterocycles. The highest BCUT2D eigenvalue weighted by Gasteiger charge is 2.19. The topological polar surface area (TPSA) is 49.3 Å². The minimum atomic E-state index is -0.728. The molecule has 3 nitrogen and oxygen atoms in total. The van der Waals surface area contributed by atoms with Gasteiger partial charge in [0, 0.05) is 0 Å². The van der Waals surface area contributed by atoms with Gasteiger partial charge in [0.2, 0.25) is 0 Å². The SMILES string of the molecule is CCCCCCCCCCCCCCN[C@H](C(=O)O)C(C)C. The standard InChI is InChI=1S/C19H39NO2/c1-4-5-6-7-8-9-10-11-12-13-14-15-16-20-18(17(2)3)19(21)22/h17-18,20H,4-16H2,1-3H3,(H,21,22)/t18-/m0/s1. The van der Waals surface area contributed by atoms with E-state index in [1.807, 2.05) is 13.8 Å². The smallest absolute Gasteiger partial charge is 0.320 e. The first-order valence-corrected chi connectivity index (χ1v) is 9.55. The van der Waals surface area contributed by atoms with Crippen molar-refractivity contribution >= 4 is 5.97 Å². The van der Waals surface area contributed by atoms with Crippen molar-refractivity contribution in [1.29, 1.82) is 0 Å². The van der Waals surface area contributed by atoms with Gasteiger partial charge in [-0.15, -0.1) is 0 Å². The Bertz CT molecular complexity index is 254. The molecule has 0 saturated carbocycles. The zero-order valence-electron chi connectivity index (χ0n) is 15.2. The Balaban J connectivity index is 3.25. The van der Waals surface area contributed by atoms with E-state index in [4.69, 9.17) is 5.11 Å². The van der Waals surface area contributed by atoms with Gasteiger partial charge in [-0.05, 0) is 18.9 Å². The minimum Gasteiger partial charge on any atom is -0.480 e. The molecule has 0 rings (SSSR count). The summed E-state index contributed by atoms with van der Waals surface area (Å²) in [5.74, 6) is -0.580. The Morgan fingerprint density at radius 1 is 0.818 bits per heavy atom. The van der Waals surface area contributed by atoms with E-state index in [1.165, 1.54) is 70.6 Å². The second-order valence-corrected chi connectivity index (χ2v) is 6.90. The molecule has 0 aromatic carbocycles. The molecule has 0 unspecified atom stereocenters. The number of carboxylic acid groups (broad SMARTS) is 1. The fourth-order valence-electron chi connectivity index (χ4n) is 2.83. The molecule has 22 heavy (non-hydrogen) atoms. The first kappa shape index (κ1) is 21.4. The largest absolute Gasteiger partial charge is 0.480 e. The van der Waals surface area contributed by atoms with Crippen molar-refractivity contribution in [1.82, 2.24) is 5.32 Å². The molecular weight excluding hydrogens is 274 g/mol. The highest BCUT2D eigenvalue weighted by Crippen LogP contribution is 2.11. The number of carboxylic acids is 1. The van der Waals surface area contributed by atoms with E-state index >= 15 is 0 Å². The van der Waals surface area contributed by atoms with Gasteiger partial charge >= 0.3 is 5.97 Å². The fourth-order valence-corrected chi connectivity index (χ4v) is 2.83. The van der Waals surface area contributed by atoms with Crippen LogP contribution >= 0.6 is 0 Å². The number of carbonyl (C=O) groups is 1. The second-order valence-electron chi connectivity index (χ2n) is 6.90. The van der Waals surface area contributed by atoms with Crippen LogP contribution in [0.2, 0.25) is 0 Å². The summed E-state index contributed by atoms with van der Waals surface area (Å²) >= 11 is 0. The van der Waals surface area contributed by atoms with Crippen LogP contribution in [0.25, 0.3) is 0 Å². The summed E-state index contributed by atoms with van der Waals surface area (Å²) in [7, 11) is 0. The number of hydrogen-bond acceptors (Lipinski definition) is 2. The van der Waals surface area contributed by atoms with Gasteiger partial charge in [0.1, 0.15) is 6.04 Å². The van der Waals surface area contributed by atoms with Crippen molar-refractivity contribution in [3.8, 4) is 0 Å². The van der Waals surface area contributed by atoms with Gasteiger partial charge in [0.15, 0.2) is 0 Å². The van der Waals surface area contributed by atoms with Crippen LogP contribution in [0.3, 0.4) is 0 Å². The predicted molar refractivity (Wildman–Crippen MR) is 95.3 cm³/mol.